The first-order chi connectivity index (χ1) is 14.7. The van der Waals surface area contributed by atoms with Crippen molar-refractivity contribution in [3.05, 3.63) is 81.3 Å². The highest BCUT2D eigenvalue weighted by Gasteiger charge is 2.33. The van der Waals surface area contributed by atoms with E-state index < -0.39 is 15.8 Å². The van der Waals surface area contributed by atoms with Crippen LogP contribution in [0.1, 0.15) is 27.0 Å². The van der Waals surface area contributed by atoms with Gasteiger partial charge in [-0.1, -0.05) is 30.3 Å². The van der Waals surface area contributed by atoms with E-state index in [1.807, 2.05) is 30.3 Å². The van der Waals surface area contributed by atoms with Gasteiger partial charge in [-0.3, -0.25) is 0 Å². The SMILES string of the molecule is COC(=O)c1c(Cc2ccccc2)c(C)c(N)c(Br)c1S(=O)(=O)c1ccc(OC)cc1. The van der Waals surface area contributed by atoms with Crippen molar-refractivity contribution in [1.29, 1.82) is 0 Å². The normalized spacial score (nSPS) is 11.2. The fourth-order valence-electron chi connectivity index (χ4n) is 3.35. The second kappa shape index (κ2) is 9.11. The van der Waals surface area contributed by atoms with Crippen LogP contribution in [0.15, 0.2) is 68.9 Å². The number of esters is 1. The van der Waals surface area contributed by atoms with Crippen molar-refractivity contribution in [2.45, 2.75) is 23.1 Å². The number of methoxy groups -OCH3 is 2. The molecule has 8 heteroatoms. The molecule has 0 aromatic heterocycles. The zero-order chi connectivity index (χ0) is 22.8. The number of nitrogen functional groups attached to an aromatic ring is 1. The predicted octanol–water partition coefficient (Wildman–Crippen LogP) is 4.56. The second-order valence-electron chi connectivity index (χ2n) is 6.87. The lowest BCUT2D eigenvalue weighted by Gasteiger charge is -2.20. The zero-order valence-electron chi connectivity index (χ0n) is 17.3. The molecule has 3 rings (SSSR count). The van der Waals surface area contributed by atoms with E-state index in [0.29, 0.717) is 23.3 Å². The van der Waals surface area contributed by atoms with Crippen molar-refractivity contribution < 1.29 is 22.7 Å². The average Bonchev–Trinajstić information content (AvgIpc) is 2.79. The second-order valence-corrected chi connectivity index (χ2v) is 9.55. The van der Waals surface area contributed by atoms with Gasteiger partial charge in [0.1, 0.15) is 10.6 Å². The summed E-state index contributed by atoms with van der Waals surface area (Å²) in [6.07, 6.45) is 0.319. The lowest BCUT2D eigenvalue weighted by atomic mass is 9.94. The number of rotatable bonds is 6. The molecular formula is C23H22BrNO5S. The van der Waals surface area contributed by atoms with Crippen LogP contribution < -0.4 is 10.5 Å². The van der Waals surface area contributed by atoms with Gasteiger partial charge in [-0.25, -0.2) is 13.2 Å². The molecule has 0 heterocycles. The molecular weight excluding hydrogens is 482 g/mol. The number of ether oxygens (including phenoxy) is 2. The van der Waals surface area contributed by atoms with E-state index in [0.717, 1.165) is 5.56 Å². The molecule has 162 valence electrons. The molecule has 31 heavy (non-hydrogen) atoms. The van der Waals surface area contributed by atoms with E-state index in [-0.39, 0.29) is 25.5 Å². The Bertz CT molecular complexity index is 1220. The lowest BCUT2D eigenvalue weighted by molar-refractivity contribution is 0.0595. The van der Waals surface area contributed by atoms with Crippen molar-refractivity contribution in [3.8, 4) is 5.75 Å². The monoisotopic (exact) mass is 503 g/mol. The molecule has 0 bridgehead atoms. The summed E-state index contributed by atoms with van der Waals surface area (Å²) in [4.78, 5) is 12.7. The molecule has 0 aliphatic carbocycles. The van der Waals surface area contributed by atoms with Crippen molar-refractivity contribution in [2.24, 2.45) is 0 Å². The molecule has 0 aliphatic rings. The minimum absolute atomic E-state index is 0.00747. The average molecular weight is 504 g/mol. The van der Waals surface area contributed by atoms with Crippen LogP contribution >= 0.6 is 15.9 Å². The Kier molecular flexibility index (Phi) is 6.71. The van der Waals surface area contributed by atoms with E-state index in [1.54, 1.807) is 19.1 Å². The van der Waals surface area contributed by atoms with Crippen molar-refractivity contribution in [1.82, 2.24) is 0 Å². The number of halogens is 1. The Morgan fingerprint density at radius 2 is 1.65 bits per heavy atom. The zero-order valence-corrected chi connectivity index (χ0v) is 19.7. The van der Waals surface area contributed by atoms with Gasteiger partial charge in [0, 0.05) is 0 Å². The van der Waals surface area contributed by atoms with Gasteiger partial charge in [0.15, 0.2) is 0 Å². The number of anilines is 1. The molecule has 0 saturated heterocycles. The topological polar surface area (TPSA) is 95.7 Å². The van der Waals surface area contributed by atoms with Crippen LogP contribution in [0.25, 0.3) is 0 Å². The third-order valence-corrected chi connectivity index (χ3v) is 8.00. The first-order valence-corrected chi connectivity index (χ1v) is 11.6. The smallest absolute Gasteiger partial charge is 0.339 e. The number of hydrogen-bond acceptors (Lipinski definition) is 6. The summed E-state index contributed by atoms with van der Waals surface area (Å²) in [5, 5.41) is 0. The van der Waals surface area contributed by atoms with E-state index in [1.165, 1.54) is 26.4 Å². The molecule has 0 amide bonds. The van der Waals surface area contributed by atoms with Crippen molar-refractivity contribution in [2.75, 3.05) is 20.0 Å². The van der Waals surface area contributed by atoms with Crippen LogP contribution in [0, 0.1) is 6.92 Å². The van der Waals surface area contributed by atoms with E-state index >= 15 is 0 Å². The third kappa shape index (κ3) is 4.31. The molecule has 3 aromatic rings. The Labute approximate surface area is 190 Å². The minimum atomic E-state index is -4.12. The van der Waals surface area contributed by atoms with Crippen LogP contribution in [-0.2, 0) is 21.0 Å². The number of benzene rings is 3. The quantitative estimate of drug-likeness (QED) is 0.391. The molecule has 0 radical (unpaired) electrons. The van der Waals surface area contributed by atoms with Gasteiger partial charge in [-0.2, -0.15) is 0 Å². The van der Waals surface area contributed by atoms with E-state index in [2.05, 4.69) is 15.9 Å². The van der Waals surface area contributed by atoms with Gasteiger partial charge in [-0.15, -0.1) is 0 Å². The number of nitrogens with two attached hydrogens (primary N) is 1. The maximum atomic E-state index is 13.6. The molecule has 0 spiro atoms. The van der Waals surface area contributed by atoms with Gasteiger partial charge in [0.05, 0.1) is 34.8 Å². The van der Waals surface area contributed by atoms with Crippen LogP contribution in [0.3, 0.4) is 0 Å². The van der Waals surface area contributed by atoms with Gasteiger partial charge in [-0.05, 0) is 70.2 Å². The Balaban J connectivity index is 2.34. The first-order valence-electron chi connectivity index (χ1n) is 9.34. The van der Waals surface area contributed by atoms with Gasteiger partial charge >= 0.3 is 5.97 Å². The Hall–Kier alpha value is -2.84. The molecule has 0 atom stereocenters. The van der Waals surface area contributed by atoms with Crippen molar-refractivity contribution in [3.63, 3.8) is 0 Å². The summed E-state index contributed by atoms with van der Waals surface area (Å²) in [5.74, 6) is -0.235. The highest BCUT2D eigenvalue weighted by molar-refractivity contribution is 9.10. The largest absolute Gasteiger partial charge is 0.497 e. The van der Waals surface area contributed by atoms with Crippen molar-refractivity contribution >= 4 is 37.4 Å². The highest BCUT2D eigenvalue weighted by atomic mass is 79.9. The summed E-state index contributed by atoms with van der Waals surface area (Å²) < 4.78 is 37.5. The summed E-state index contributed by atoms with van der Waals surface area (Å²) in [5.41, 5.74) is 8.54. The fourth-order valence-corrected chi connectivity index (χ4v) is 6.03. The minimum Gasteiger partial charge on any atom is -0.497 e. The maximum absolute atomic E-state index is 13.6. The fraction of sp³-hybridized carbons (Fsp3) is 0.174. The van der Waals surface area contributed by atoms with Gasteiger partial charge in [0.2, 0.25) is 9.84 Å². The number of carbonyl (C=O) groups excluding carboxylic acids is 1. The Morgan fingerprint density at radius 3 is 2.19 bits per heavy atom. The number of hydrogen-bond donors (Lipinski definition) is 1. The molecule has 2 N–H and O–H groups in total. The summed E-state index contributed by atoms with van der Waals surface area (Å²) in [6.45, 7) is 1.76. The molecule has 6 nitrogen and oxygen atoms in total. The number of carbonyl (C=O) groups is 1. The molecule has 0 unspecified atom stereocenters. The maximum Gasteiger partial charge on any atom is 0.339 e. The lowest BCUT2D eigenvalue weighted by Crippen LogP contribution is -2.18. The van der Waals surface area contributed by atoms with Crippen LogP contribution in [0.4, 0.5) is 5.69 Å². The molecule has 0 fully saturated rings. The van der Waals surface area contributed by atoms with Gasteiger partial charge < -0.3 is 15.2 Å². The summed E-state index contributed by atoms with van der Waals surface area (Å²) in [7, 11) is -1.41. The molecule has 0 saturated carbocycles. The molecule has 3 aromatic carbocycles. The standard InChI is InChI=1S/C23H22BrNO5S/c1-14-18(13-15-7-5-4-6-8-15)19(23(26)30-3)22(20(24)21(14)25)31(27,28)17-11-9-16(29-2)10-12-17/h4-12H,13,25H2,1-3H3. The summed E-state index contributed by atoms with van der Waals surface area (Å²) >= 11 is 3.32. The van der Waals surface area contributed by atoms with Crippen LogP contribution in [0.5, 0.6) is 5.75 Å². The van der Waals surface area contributed by atoms with Crippen LogP contribution in [-0.4, -0.2) is 28.6 Å². The number of sulfone groups is 1. The molecule has 0 aliphatic heterocycles. The summed E-state index contributed by atoms with van der Waals surface area (Å²) in [6, 6.07) is 15.4. The predicted molar refractivity (Wildman–Crippen MR) is 122 cm³/mol. The third-order valence-electron chi connectivity index (χ3n) is 5.07. The Morgan fingerprint density at radius 1 is 1.03 bits per heavy atom. The highest BCUT2D eigenvalue weighted by Crippen LogP contribution is 2.41. The van der Waals surface area contributed by atoms with E-state index in [9.17, 15) is 13.2 Å². The van der Waals surface area contributed by atoms with Crippen LogP contribution in [0.2, 0.25) is 0 Å². The van der Waals surface area contributed by atoms with Gasteiger partial charge in [0.25, 0.3) is 0 Å². The first kappa shape index (κ1) is 22.8. The van der Waals surface area contributed by atoms with E-state index in [4.69, 9.17) is 15.2 Å².